The molecule has 0 saturated heterocycles. The minimum absolute atomic E-state index is 0.0748. The number of hydrogen-bond acceptors (Lipinski definition) is 7. The number of nitro groups is 1. The SMILES string of the molecule is COc1ccc(Oc2nc(Cl)nnc2Cl)c([N+](=O)[O-])c1. The van der Waals surface area contributed by atoms with Gasteiger partial charge in [0, 0.05) is 0 Å². The van der Waals surface area contributed by atoms with Crippen molar-refractivity contribution in [3.63, 3.8) is 0 Å². The molecule has 0 radical (unpaired) electrons. The number of nitro benzene ring substituents is 1. The molecule has 0 amide bonds. The molecule has 1 aromatic heterocycles. The van der Waals surface area contributed by atoms with Crippen LogP contribution in [-0.4, -0.2) is 27.2 Å². The van der Waals surface area contributed by atoms with E-state index in [1.54, 1.807) is 0 Å². The molecule has 0 aliphatic heterocycles. The summed E-state index contributed by atoms with van der Waals surface area (Å²) in [7, 11) is 1.39. The molecule has 2 rings (SSSR count). The lowest BCUT2D eigenvalue weighted by molar-refractivity contribution is -0.385. The summed E-state index contributed by atoms with van der Waals surface area (Å²) in [5.74, 6) is 0.0585. The van der Waals surface area contributed by atoms with Crippen molar-refractivity contribution in [2.24, 2.45) is 0 Å². The fourth-order valence-electron chi connectivity index (χ4n) is 1.30. The number of halogens is 2. The molecule has 0 spiro atoms. The smallest absolute Gasteiger partial charge is 0.315 e. The van der Waals surface area contributed by atoms with Gasteiger partial charge < -0.3 is 9.47 Å². The first-order valence-electron chi connectivity index (χ1n) is 5.07. The monoisotopic (exact) mass is 316 g/mol. The lowest BCUT2D eigenvalue weighted by atomic mass is 10.3. The van der Waals surface area contributed by atoms with Crippen molar-refractivity contribution in [1.29, 1.82) is 0 Å². The van der Waals surface area contributed by atoms with Crippen LogP contribution in [0.4, 0.5) is 5.69 Å². The molecule has 104 valence electrons. The Morgan fingerprint density at radius 2 is 2.05 bits per heavy atom. The van der Waals surface area contributed by atoms with Crippen LogP contribution >= 0.6 is 23.2 Å². The molecule has 0 bridgehead atoms. The summed E-state index contributed by atoms with van der Waals surface area (Å²) < 4.78 is 10.2. The van der Waals surface area contributed by atoms with E-state index in [-0.39, 0.29) is 27.8 Å². The zero-order valence-electron chi connectivity index (χ0n) is 9.91. The van der Waals surface area contributed by atoms with Crippen LogP contribution in [0.5, 0.6) is 17.4 Å². The second kappa shape index (κ2) is 5.85. The fourth-order valence-corrected chi connectivity index (χ4v) is 1.54. The lowest BCUT2D eigenvalue weighted by Gasteiger charge is -2.07. The van der Waals surface area contributed by atoms with Gasteiger partial charge in [-0.05, 0) is 23.7 Å². The van der Waals surface area contributed by atoms with Crippen LogP contribution in [0.25, 0.3) is 0 Å². The van der Waals surface area contributed by atoms with Gasteiger partial charge in [-0.25, -0.2) is 0 Å². The standard InChI is InChI=1S/C10H6Cl2N4O4/c1-19-5-2-3-7(6(4-5)16(17)18)20-9-8(11)14-15-10(12)13-9/h2-4H,1H3. The summed E-state index contributed by atoms with van der Waals surface area (Å²) >= 11 is 11.3. The van der Waals surface area contributed by atoms with E-state index >= 15 is 0 Å². The van der Waals surface area contributed by atoms with Crippen molar-refractivity contribution < 1.29 is 14.4 Å². The van der Waals surface area contributed by atoms with Gasteiger partial charge in [-0.3, -0.25) is 10.1 Å². The molecular formula is C10H6Cl2N4O4. The number of ether oxygens (including phenoxy) is 2. The van der Waals surface area contributed by atoms with Gasteiger partial charge in [0.05, 0.1) is 18.1 Å². The van der Waals surface area contributed by atoms with Gasteiger partial charge in [0.25, 0.3) is 5.88 Å². The van der Waals surface area contributed by atoms with Gasteiger partial charge in [0.15, 0.2) is 0 Å². The van der Waals surface area contributed by atoms with Crippen LogP contribution < -0.4 is 9.47 Å². The summed E-state index contributed by atoms with van der Waals surface area (Å²) in [4.78, 5) is 14.1. The van der Waals surface area contributed by atoms with E-state index < -0.39 is 4.92 Å². The van der Waals surface area contributed by atoms with E-state index in [9.17, 15) is 10.1 Å². The van der Waals surface area contributed by atoms with Crippen molar-refractivity contribution >= 4 is 28.9 Å². The summed E-state index contributed by atoms with van der Waals surface area (Å²) in [6, 6.07) is 4.05. The molecule has 0 saturated carbocycles. The summed E-state index contributed by atoms with van der Waals surface area (Å²) in [6.45, 7) is 0. The van der Waals surface area contributed by atoms with Crippen molar-refractivity contribution in [3.8, 4) is 17.4 Å². The quantitative estimate of drug-likeness (QED) is 0.631. The maximum atomic E-state index is 11.0. The van der Waals surface area contributed by atoms with Crippen LogP contribution in [0.3, 0.4) is 0 Å². The molecule has 0 fully saturated rings. The number of nitrogens with zero attached hydrogens (tertiary/aromatic N) is 4. The highest BCUT2D eigenvalue weighted by molar-refractivity contribution is 6.31. The van der Waals surface area contributed by atoms with Crippen molar-refractivity contribution in [1.82, 2.24) is 15.2 Å². The molecule has 8 nitrogen and oxygen atoms in total. The molecule has 1 heterocycles. The molecule has 0 aliphatic rings. The Hall–Kier alpha value is -2.19. The Morgan fingerprint density at radius 1 is 1.30 bits per heavy atom. The molecule has 10 heteroatoms. The molecular weight excluding hydrogens is 311 g/mol. The summed E-state index contributed by atoms with van der Waals surface area (Å²) in [5.41, 5.74) is -0.310. The third-order valence-electron chi connectivity index (χ3n) is 2.16. The second-order valence-corrected chi connectivity index (χ2v) is 4.07. The van der Waals surface area contributed by atoms with Crippen molar-refractivity contribution in [2.75, 3.05) is 7.11 Å². The highest BCUT2D eigenvalue weighted by Crippen LogP contribution is 2.35. The first-order valence-corrected chi connectivity index (χ1v) is 5.83. The Kier molecular flexibility index (Phi) is 4.16. The van der Waals surface area contributed by atoms with E-state index in [1.807, 2.05) is 0 Å². The highest BCUT2D eigenvalue weighted by atomic mass is 35.5. The van der Waals surface area contributed by atoms with Gasteiger partial charge in [-0.2, -0.15) is 4.98 Å². The van der Waals surface area contributed by atoms with Crippen LogP contribution in [0, 0.1) is 10.1 Å². The van der Waals surface area contributed by atoms with Crippen LogP contribution in [-0.2, 0) is 0 Å². The molecule has 1 aromatic carbocycles. The van der Waals surface area contributed by atoms with Crippen molar-refractivity contribution in [2.45, 2.75) is 0 Å². The van der Waals surface area contributed by atoms with Crippen LogP contribution in [0.2, 0.25) is 10.4 Å². The van der Waals surface area contributed by atoms with E-state index in [0.29, 0.717) is 5.75 Å². The van der Waals surface area contributed by atoms with Crippen LogP contribution in [0.1, 0.15) is 0 Å². The van der Waals surface area contributed by atoms with E-state index in [2.05, 4.69) is 15.2 Å². The van der Waals surface area contributed by atoms with Gasteiger partial charge in [-0.1, -0.05) is 11.6 Å². The Balaban J connectivity index is 2.42. The molecule has 2 aromatic rings. The van der Waals surface area contributed by atoms with E-state index in [4.69, 9.17) is 32.7 Å². The Labute approximate surface area is 122 Å². The predicted octanol–water partition coefficient (Wildman–Crippen LogP) is 2.89. The Morgan fingerprint density at radius 3 is 2.70 bits per heavy atom. The zero-order chi connectivity index (χ0) is 14.7. The van der Waals surface area contributed by atoms with E-state index in [1.165, 1.54) is 25.3 Å². The van der Waals surface area contributed by atoms with Gasteiger partial charge in [0.1, 0.15) is 5.75 Å². The molecule has 0 aliphatic carbocycles. The molecule has 20 heavy (non-hydrogen) atoms. The average molecular weight is 317 g/mol. The normalized spacial score (nSPS) is 10.2. The summed E-state index contributed by atoms with van der Waals surface area (Å²) in [5, 5.41) is 17.5. The van der Waals surface area contributed by atoms with Gasteiger partial charge in [0.2, 0.25) is 16.2 Å². The van der Waals surface area contributed by atoms with Gasteiger partial charge >= 0.3 is 5.69 Å². The number of hydrogen-bond donors (Lipinski definition) is 0. The topological polar surface area (TPSA) is 100 Å². The minimum Gasteiger partial charge on any atom is -0.496 e. The highest BCUT2D eigenvalue weighted by Gasteiger charge is 2.19. The first kappa shape index (κ1) is 14.2. The third-order valence-corrected chi connectivity index (χ3v) is 2.56. The molecule has 0 atom stereocenters. The third kappa shape index (κ3) is 3.03. The minimum atomic E-state index is -0.623. The number of methoxy groups -OCH3 is 1. The number of rotatable bonds is 4. The lowest BCUT2D eigenvalue weighted by Crippen LogP contribution is -1.98. The first-order chi connectivity index (χ1) is 9.51. The maximum absolute atomic E-state index is 11.0. The largest absolute Gasteiger partial charge is 0.496 e. The fraction of sp³-hybridized carbons (Fsp3) is 0.100. The van der Waals surface area contributed by atoms with Crippen molar-refractivity contribution in [3.05, 3.63) is 38.8 Å². The Bertz CT molecular complexity index is 668. The maximum Gasteiger partial charge on any atom is 0.315 e. The predicted molar refractivity (Wildman–Crippen MR) is 69.6 cm³/mol. The average Bonchev–Trinajstić information content (AvgIpc) is 2.43. The second-order valence-electron chi connectivity index (χ2n) is 3.37. The van der Waals surface area contributed by atoms with Gasteiger partial charge in [-0.15, -0.1) is 10.2 Å². The van der Waals surface area contributed by atoms with E-state index in [0.717, 1.165) is 0 Å². The molecule has 0 N–H and O–H groups in total. The van der Waals surface area contributed by atoms with Crippen LogP contribution in [0.15, 0.2) is 18.2 Å². The number of aromatic nitrogens is 3. The molecule has 0 unspecified atom stereocenters. The zero-order valence-corrected chi connectivity index (χ0v) is 11.4. The summed E-state index contributed by atoms with van der Waals surface area (Å²) in [6.07, 6.45) is 0. The number of benzene rings is 1.